The quantitative estimate of drug-likeness (QED) is 0.834. The highest BCUT2D eigenvalue weighted by Gasteiger charge is 2.30. The average molecular weight is 273 g/mol. The van der Waals surface area contributed by atoms with E-state index in [9.17, 15) is 8.42 Å². The number of hydrogen-bond acceptors (Lipinski definition) is 4. The van der Waals surface area contributed by atoms with Gasteiger partial charge in [0.2, 0.25) is 0 Å². The maximum Gasteiger partial charge on any atom is 0.281 e. The summed E-state index contributed by atoms with van der Waals surface area (Å²) in [5, 5.41) is 4.17. The van der Waals surface area contributed by atoms with Crippen molar-refractivity contribution in [3.8, 4) is 0 Å². The zero-order chi connectivity index (χ0) is 13.3. The molecule has 0 radical (unpaired) electrons. The van der Waals surface area contributed by atoms with Crippen LogP contribution in [-0.4, -0.2) is 54.0 Å². The summed E-state index contributed by atoms with van der Waals surface area (Å²) in [7, 11) is -0.186. The molecule has 1 aliphatic rings. The van der Waals surface area contributed by atoms with Crippen LogP contribution in [0.25, 0.3) is 0 Å². The molecule has 1 fully saturated rings. The van der Waals surface area contributed by atoms with Crippen molar-refractivity contribution in [1.29, 1.82) is 0 Å². The molecule has 1 saturated heterocycles. The highest BCUT2D eigenvalue weighted by Crippen LogP contribution is 2.24. The first-order valence-corrected chi connectivity index (χ1v) is 7.29. The highest BCUT2D eigenvalue weighted by molar-refractivity contribution is 7.86. The van der Waals surface area contributed by atoms with Gasteiger partial charge in [-0.25, -0.2) is 0 Å². The zero-order valence-electron chi connectivity index (χ0n) is 10.7. The van der Waals surface area contributed by atoms with Crippen LogP contribution < -0.4 is 5.73 Å². The summed E-state index contributed by atoms with van der Waals surface area (Å²) in [4.78, 5) is 0. The van der Waals surface area contributed by atoms with Gasteiger partial charge in [0, 0.05) is 33.4 Å². The molecule has 2 heterocycles. The topological polar surface area (TPSA) is 84.5 Å². The van der Waals surface area contributed by atoms with Gasteiger partial charge in [-0.2, -0.15) is 22.1 Å². The third kappa shape index (κ3) is 2.50. The minimum Gasteiger partial charge on any atom is -0.382 e. The third-order valence-corrected chi connectivity index (χ3v) is 5.15. The first-order valence-electron chi connectivity index (χ1n) is 5.89. The molecular formula is C10H19N5O2S. The van der Waals surface area contributed by atoms with Crippen LogP contribution >= 0.6 is 0 Å². The smallest absolute Gasteiger partial charge is 0.281 e. The van der Waals surface area contributed by atoms with Crippen LogP contribution in [0.5, 0.6) is 0 Å². The van der Waals surface area contributed by atoms with Crippen LogP contribution in [0.2, 0.25) is 0 Å². The van der Waals surface area contributed by atoms with Crippen LogP contribution in [0, 0.1) is 0 Å². The monoisotopic (exact) mass is 273 g/mol. The van der Waals surface area contributed by atoms with Gasteiger partial charge >= 0.3 is 0 Å². The highest BCUT2D eigenvalue weighted by atomic mass is 32.2. The van der Waals surface area contributed by atoms with Gasteiger partial charge in [0.1, 0.15) is 5.82 Å². The first-order chi connectivity index (χ1) is 8.41. The fourth-order valence-electron chi connectivity index (χ4n) is 2.12. The summed E-state index contributed by atoms with van der Waals surface area (Å²) in [6, 6.07) is 1.99. The van der Waals surface area contributed by atoms with Crippen molar-refractivity contribution in [3.05, 3.63) is 12.3 Å². The van der Waals surface area contributed by atoms with E-state index in [0.29, 0.717) is 18.9 Å². The second kappa shape index (κ2) is 4.87. The molecule has 1 aliphatic heterocycles. The molecule has 18 heavy (non-hydrogen) atoms. The standard InChI is InChI=1S/C10H19N5O2S/c1-13(2)18(16,17)14-6-3-9(4-7-14)15-8-5-10(11)12-15/h5,8-9H,3-4,6-7H2,1-2H3,(H2,11,12). The summed E-state index contributed by atoms with van der Waals surface area (Å²) >= 11 is 0. The Labute approximate surface area is 107 Å². The molecule has 0 amide bonds. The number of nitrogen functional groups attached to an aromatic ring is 1. The molecular weight excluding hydrogens is 254 g/mol. The van der Waals surface area contributed by atoms with Crippen LogP contribution in [0.3, 0.4) is 0 Å². The predicted octanol–water partition coefficient (Wildman–Crippen LogP) is -0.0914. The second-order valence-corrected chi connectivity index (χ2v) is 6.78. The van der Waals surface area contributed by atoms with Crippen molar-refractivity contribution in [2.24, 2.45) is 0 Å². The van der Waals surface area contributed by atoms with E-state index in [2.05, 4.69) is 5.10 Å². The molecule has 0 unspecified atom stereocenters. The van der Waals surface area contributed by atoms with Gasteiger partial charge in [0.05, 0.1) is 6.04 Å². The van der Waals surface area contributed by atoms with Crippen LogP contribution in [0.15, 0.2) is 12.3 Å². The predicted molar refractivity (Wildman–Crippen MR) is 69.1 cm³/mol. The molecule has 2 rings (SSSR count). The van der Waals surface area contributed by atoms with E-state index in [1.807, 2.05) is 10.9 Å². The van der Waals surface area contributed by atoms with Crippen molar-refractivity contribution in [2.75, 3.05) is 32.9 Å². The summed E-state index contributed by atoms with van der Waals surface area (Å²) in [5.41, 5.74) is 5.58. The maximum absolute atomic E-state index is 11.9. The van der Waals surface area contributed by atoms with Gasteiger partial charge < -0.3 is 5.73 Å². The Morgan fingerprint density at radius 3 is 2.44 bits per heavy atom. The molecule has 8 heteroatoms. The molecule has 0 spiro atoms. The number of rotatable bonds is 3. The molecule has 1 aromatic rings. The molecule has 102 valence electrons. The van der Waals surface area contributed by atoms with Crippen LogP contribution in [0.1, 0.15) is 18.9 Å². The van der Waals surface area contributed by atoms with Gasteiger partial charge in [-0.3, -0.25) is 4.68 Å². The molecule has 2 N–H and O–H groups in total. The fourth-order valence-corrected chi connectivity index (χ4v) is 3.26. The number of aromatic nitrogens is 2. The number of hydrogen-bond donors (Lipinski definition) is 1. The van der Waals surface area contributed by atoms with Gasteiger partial charge in [0.25, 0.3) is 10.2 Å². The third-order valence-electron chi connectivity index (χ3n) is 3.21. The number of nitrogens with two attached hydrogens (primary N) is 1. The molecule has 0 aromatic carbocycles. The number of nitrogens with zero attached hydrogens (tertiary/aromatic N) is 4. The van der Waals surface area contributed by atoms with E-state index >= 15 is 0 Å². The van der Waals surface area contributed by atoms with Crippen molar-refractivity contribution < 1.29 is 8.42 Å². The fraction of sp³-hybridized carbons (Fsp3) is 0.700. The van der Waals surface area contributed by atoms with Crippen molar-refractivity contribution in [1.82, 2.24) is 18.4 Å². The van der Waals surface area contributed by atoms with E-state index in [1.54, 1.807) is 20.2 Å². The molecule has 0 bridgehead atoms. The zero-order valence-corrected chi connectivity index (χ0v) is 11.5. The second-order valence-electron chi connectivity index (χ2n) is 4.64. The van der Waals surface area contributed by atoms with Crippen LogP contribution in [-0.2, 0) is 10.2 Å². The normalized spacial score (nSPS) is 19.5. The van der Waals surface area contributed by atoms with Gasteiger partial charge in [0.15, 0.2) is 0 Å². The summed E-state index contributed by atoms with van der Waals surface area (Å²) in [6.07, 6.45) is 3.36. The lowest BCUT2D eigenvalue weighted by Gasteiger charge is -2.32. The summed E-state index contributed by atoms with van der Waals surface area (Å²) < 4.78 is 28.5. The lowest BCUT2D eigenvalue weighted by atomic mass is 10.1. The Morgan fingerprint density at radius 2 is 2.00 bits per heavy atom. The van der Waals surface area contributed by atoms with Crippen molar-refractivity contribution >= 4 is 16.0 Å². The number of piperidine rings is 1. The minimum absolute atomic E-state index is 0.232. The van der Waals surface area contributed by atoms with Crippen LogP contribution in [0.4, 0.5) is 5.82 Å². The lowest BCUT2D eigenvalue weighted by Crippen LogP contribution is -2.44. The van der Waals surface area contributed by atoms with E-state index in [4.69, 9.17) is 5.73 Å². The average Bonchev–Trinajstić information content (AvgIpc) is 2.76. The Morgan fingerprint density at radius 1 is 1.39 bits per heavy atom. The maximum atomic E-state index is 11.9. The lowest BCUT2D eigenvalue weighted by molar-refractivity contribution is 0.252. The Balaban J connectivity index is 2.01. The summed E-state index contributed by atoms with van der Waals surface area (Å²) in [6.45, 7) is 1.04. The van der Waals surface area contributed by atoms with Gasteiger partial charge in [-0.1, -0.05) is 0 Å². The molecule has 7 nitrogen and oxygen atoms in total. The molecule has 0 saturated carbocycles. The molecule has 0 aliphatic carbocycles. The van der Waals surface area contributed by atoms with E-state index < -0.39 is 10.2 Å². The summed E-state index contributed by atoms with van der Waals surface area (Å²) in [5.74, 6) is 0.498. The van der Waals surface area contributed by atoms with Gasteiger partial charge in [-0.05, 0) is 18.9 Å². The van der Waals surface area contributed by atoms with E-state index in [1.165, 1.54) is 8.61 Å². The van der Waals surface area contributed by atoms with Gasteiger partial charge in [-0.15, -0.1) is 0 Å². The molecule has 0 atom stereocenters. The van der Waals surface area contributed by atoms with Crippen molar-refractivity contribution in [2.45, 2.75) is 18.9 Å². The largest absolute Gasteiger partial charge is 0.382 e. The Bertz CT molecular complexity index is 502. The number of anilines is 1. The van der Waals surface area contributed by atoms with Crippen molar-refractivity contribution in [3.63, 3.8) is 0 Å². The Hall–Kier alpha value is -1.12. The minimum atomic E-state index is -3.29. The Kier molecular flexibility index (Phi) is 3.60. The van der Waals surface area contributed by atoms with E-state index in [-0.39, 0.29) is 6.04 Å². The molecule has 1 aromatic heterocycles. The first kappa shape index (κ1) is 13.3. The SMILES string of the molecule is CN(C)S(=O)(=O)N1CCC(n2ccc(N)n2)CC1. The van der Waals surface area contributed by atoms with E-state index in [0.717, 1.165) is 12.8 Å².